The first-order valence-electron chi connectivity index (χ1n) is 10.7. The van der Waals surface area contributed by atoms with Crippen LogP contribution in [0.15, 0.2) is 47.7 Å². The van der Waals surface area contributed by atoms with E-state index in [9.17, 15) is 13.2 Å². The van der Waals surface area contributed by atoms with Gasteiger partial charge in [0.15, 0.2) is 0 Å². The molecule has 2 aliphatic heterocycles. The lowest BCUT2D eigenvalue weighted by molar-refractivity contribution is -0.137. The van der Waals surface area contributed by atoms with Gasteiger partial charge in [0.1, 0.15) is 5.84 Å². The van der Waals surface area contributed by atoms with Crippen molar-refractivity contribution < 1.29 is 13.2 Å². The van der Waals surface area contributed by atoms with Crippen molar-refractivity contribution in [1.82, 2.24) is 19.6 Å². The zero-order valence-corrected chi connectivity index (χ0v) is 18.0. The Hall–Kier alpha value is -2.61. The topological polar surface area (TPSA) is 36.7 Å². The van der Waals surface area contributed by atoms with E-state index < -0.39 is 11.7 Å². The molecule has 2 aromatic rings. The molecule has 0 unspecified atom stereocenters. The van der Waals surface area contributed by atoms with E-state index in [2.05, 4.69) is 26.5 Å². The van der Waals surface area contributed by atoms with Crippen molar-refractivity contribution in [3.63, 3.8) is 0 Å². The van der Waals surface area contributed by atoms with Crippen LogP contribution in [-0.2, 0) is 6.18 Å². The van der Waals surface area contributed by atoms with Crippen LogP contribution >= 0.6 is 0 Å². The van der Waals surface area contributed by atoms with Gasteiger partial charge in [-0.25, -0.2) is 9.67 Å². The third-order valence-electron chi connectivity index (χ3n) is 6.03. The van der Waals surface area contributed by atoms with Gasteiger partial charge in [0.2, 0.25) is 0 Å². The van der Waals surface area contributed by atoms with E-state index in [1.54, 1.807) is 16.9 Å². The lowest BCUT2D eigenvalue weighted by Crippen LogP contribution is -2.62. The Kier molecular flexibility index (Phi) is 5.92. The normalized spacial score (nSPS) is 18.9. The number of hydrogen-bond donors (Lipinski definition) is 0. The number of aliphatic imine (C=N–C) groups is 1. The summed E-state index contributed by atoms with van der Waals surface area (Å²) in [6.07, 6.45) is 1.11. The second-order valence-electron chi connectivity index (χ2n) is 8.43. The summed E-state index contributed by atoms with van der Waals surface area (Å²) in [6, 6.07) is 5.74. The van der Waals surface area contributed by atoms with Crippen molar-refractivity contribution in [2.75, 3.05) is 26.2 Å². The molecule has 0 spiro atoms. The fourth-order valence-corrected chi connectivity index (χ4v) is 4.33. The predicted molar refractivity (Wildman–Crippen MR) is 115 cm³/mol. The number of benzene rings is 1. The summed E-state index contributed by atoms with van der Waals surface area (Å²) >= 11 is 0. The number of halogens is 3. The number of allylic oxidation sites excluding steroid dienone is 1. The van der Waals surface area contributed by atoms with Crippen LogP contribution in [0.1, 0.15) is 43.0 Å². The van der Waals surface area contributed by atoms with Gasteiger partial charge in [-0.15, -0.1) is 0 Å². The molecule has 0 aliphatic carbocycles. The fourth-order valence-electron chi connectivity index (χ4n) is 4.33. The van der Waals surface area contributed by atoms with Crippen molar-refractivity contribution in [3.05, 3.63) is 59.6 Å². The van der Waals surface area contributed by atoms with Crippen LogP contribution in [0.4, 0.5) is 13.2 Å². The first-order valence-corrected chi connectivity index (χ1v) is 10.7. The molecular formula is C23H28F3N5. The average Bonchev–Trinajstić information content (AvgIpc) is 3.07. The summed E-state index contributed by atoms with van der Waals surface area (Å²) in [5.41, 5.74) is 1.94. The highest BCUT2D eigenvalue weighted by Crippen LogP contribution is 2.31. The third-order valence-corrected chi connectivity index (χ3v) is 6.03. The molecule has 5 nitrogen and oxygen atoms in total. The molecule has 3 heterocycles. The Morgan fingerprint density at radius 2 is 1.87 bits per heavy atom. The Morgan fingerprint density at radius 1 is 1.16 bits per heavy atom. The highest BCUT2D eigenvalue weighted by Gasteiger charge is 2.36. The summed E-state index contributed by atoms with van der Waals surface area (Å²) in [7, 11) is 0. The molecule has 0 atom stereocenters. The molecule has 166 valence electrons. The van der Waals surface area contributed by atoms with Gasteiger partial charge < -0.3 is 4.90 Å². The molecule has 1 aromatic heterocycles. The van der Waals surface area contributed by atoms with E-state index in [4.69, 9.17) is 0 Å². The summed E-state index contributed by atoms with van der Waals surface area (Å²) in [6.45, 7) is 11.7. The molecule has 4 rings (SSSR count). The van der Waals surface area contributed by atoms with Gasteiger partial charge in [0, 0.05) is 24.8 Å². The van der Waals surface area contributed by atoms with Gasteiger partial charge in [0.25, 0.3) is 0 Å². The van der Waals surface area contributed by atoms with Crippen LogP contribution in [0.3, 0.4) is 0 Å². The molecule has 2 saturated heterocycles. The first kappa shape index (κ1) is 21.6. The van der Waals surface area contributed by atoms with Crippen molar-refractivity contribution in [3.8, 4) is 5.69 Å². The van der Waals surface area contributed by atoms with Crippen molar-refractivity contribution in [2.45, 2.75) is 45.3 Å². The van der Waals surface area contributed by atoms with Gasteiger partial charge in [-0.05, 0) is 58.0 Å². The number of hydrogen-bond acceptors (Lipinski definition) is 3. The molecule has 0 bridgehead atoms. The number of alkyl halides is 3. The molecule has 0 saturated carbocycles. The number of rotatable bonds is 4. The van der Waals surface area contributed by atoms with E-state index in [1.807, 2.05) is 13.8 Å². The quantitative estimate of drug-likeness (QED) is 0.522. The van der Waals surface area contributed by atoms with Crippen LogP contribution < -0.4 is 0 Å². The molecule has 0 radical (unpaired) electrons. The highest BCUT2D eigenvalue weighted by atomic mass is 19.4. The SMILES string of the molecule is C=C(C)N=C(c1cnn(-c2cccc(C(F)(F)F)c2)c1C)N1CC(N2CCCCC2)C1. The van der Waals surface area contributed by atoms with Gasteiger partial charge >= 0.3 is 6.18 Å². The number of piperidine rings is 1. The van der Waals surface area contributed by atoms with Gasteiger partial charge in [0.05, 0.1) is 28.7 Å². The van der Waals surface area contributed by atoms with E-state index in [1.165, 1.54) is 25.3 Å². The van der Waals surface area contributed by atoms with Crippen molar-refractivity contribution in [1.29, 1.82) is 0 Å². The summed E-state index contributed by atoms with van der Waals surface area (Å²) in [4.78, 5) is 9.44. The lowest BCUT2D eigenvalue weighted by atomic mass is 10.0. The molecule has 2 fully saturated rings. The monoisotopic (exact) mass is 431 g/mol. The number of nitrogens with zero attached hydrogens (tertiary/aromatic N) is 5. The maximum atomic E-state index is 13.1. The average molecular weight is 432 g/mol. The largest absolute Gasteiger partial charge is 0.416 e. The predicted octanol–water partition coefficient (Wildman–Crippen LogP) is 4.65. The molecule has 0 amide bonds. The minimum absolute atomic E-state index is 0.378. The fraction of sp³-hybridized carbons (Fsp3) is 0.478. The highest BCUT2D eigenvalue weighted by molar-refractivity contribution is 6.00. The van der Waals surface area contributed by atoms with Gasteiger partial charge in [-0.3, -0.25) is 4.90 Å². The molecule has 8 heteroatoms. The van der Waals surface area contributed by atoms with E-state index in [-0.39, 0.29) is 0 Å². The van der Waals surface area contributed by atoms with Gasteiger partial charge in [-0.2, -0.15) is 18.3 Å². The molecule has 1 aromatic carbocycles. The Morgan fingerprint density at radius 3 is 2.52 bits per heavy atom. The van der Waals surface area contributed by atoms with Gasteiger partial charge in [-0.1, -0.05) is 19.1 Å². The van der Waals surface area contributed by atoms with Crippen LogP contribution in [0, 0.1) is 6.92 Å². The van der Waals surface area contributed by atoms with Crippen LogP contribution in [0.5, 0.6) is 0 Å². The second kappa shape index (κ2) is 8.49. The zero-order chi connectivity index (χ0) is 22.2. The Labute approximate surface area is 180 Å². The first-order chi connectivity index (χ1) is 14.7. The second-order valence-corrected chi connectivity index (χ2v) is 8.43. The van der Waals surface area contributed by atoms with Crippen molar-refractivity contribution >= 4 is 5.84 Å². The third kappa shape index (κ3) is 4.54. The molecule has 31 heavy (non-hydrogen) atoms. The minimum atomic E-state index is -4.40. The van der Waals surface area contributed by atoms with E-state index >= 15 is 0 Å². The Balaban J connectivity index is 1.59. The number of likely N-dealkylation sites (tertiary alicyclic amines) is 2. The molecule has 0 N–H and O–H groups in total. The smallest absolute Gasteiger partial charge is 0.353 e. The number of aromatic nitrogens is 2. The summed E-state index contributed by atoms with van der Waals surface area (Å²) < 4.78 is 41.0. The standard InChI is InChI=1S/C23H28F3N5/c1-16(2)28-22(30-14-20(15-30)29-10-5-4-6-11-29)21-13-27-31(17(21)3)19-9-7-8-18(12-19)23(24,25)26/h7-9,12-13,20H,1,4-6,10-11,14-15H2,2-3H3. The molecular weight excluding hydrogens is 403 g/mol. The van der Waals surface area contributed by atoms with Crippen molar-refractivity contribution in [2.24, 2.45) is 4.99 Å². The maximum absolute atomic E-state index is 13.1. The van der Waals surface area contributed by atoms with Crippen LogP contribution in [-0.4, -0.2) is 57.6 Å². The zero-order valence-electron chi connectivity index (χ0n) is 18.0. The lowest BCUT2D eigenvalue weighted by Gasteiger charge is -2.48. The van der Waals surface area contributed by atoms with E-state index in [0.29, 0.717) is 17.4 Å². The summed E-state index contributed by atoms with van der Waals surface area (Å²) in [5, 5.41) is 4.39. The molecule has 2 aliphatic rings. The number of amidine groups is 1. The summed E-state index contributed by atoms with van der Waals surface area (Å²) in [5.74, 6) is 0.788. The van der Waals surface area contributed by atoms with E-state index in [0.717, 1.165) is 55.4 Å². The Bertz CT molecular complexity index is 979. The van der Waals surface area contributed by atoms with Crippen LogP contribution in [0.25, 0.3) is 5.69 Å². The maximum Gasteiger partial charge on any atom is 0.416 e. The van der Waals surface area contributed by atoms with Crippen LogP contribution in [0.2, 0.25) is 0 Å². The minimum Gasteiger partial charge on any atom is -0.353 e.